The van der Waals surface area contributed by atoms with E-state index >= 15 is 0 Å². The second kappa shape index (κ2) is 4.54. The summed E-state index contributed by atoms with van der Waals surface area (Å²) in [6.07, 6.45) is -0.244. The molecular formula is C16H13BrFN4O2+. The molecule has 5 atom stereocenters. The predicted octanol–water partition coefficient (Wildman–Crippen LogP) is 0.246. The zero-order chi connectivity index (χ0) is 17.3. The molecule has 2 heterocycles. The highest BCUT2D eigenvalue weighted by Gasteiger charge is 2.97. The van der Waals surface area contributed by atoms with E-state index in [1.54, 1.807) is 12.1 Å². The maximum atomic E-state index is 13.6. The first-order chi connectivity index (χ1) is 11.4. The van der Waals surface area contributed by atoms with E-state index in [9.17, 15) is 14.9 Å². The normalized spacial score (nSPS) is 42.3. The van der Waals surface area contributed by atoms with Crippen LogP contribution >= 0.6 is 15.9 Å². The van der Waals surface area contributed by atoms with E-state index in [0.717, 1.165) is 0 Å². The van der Waals surface area contributed by atoms with E-state index in [1.807, 2.05) is 6.92 Å². The molecule has 3 N–H and O–H groups in total. The molecular weight excluding hydrogens is 379 g/mol. The third-order valence-corrected chi connectivity index (χ3v) is 5.77. The topological polar surface area (TPSA) is 106 Å². The molecule has 1 saturated carbocycles. The summed E-state index contributed by atoms with van der Waals surface area (Å²) in [6, 6.07) is 8.83. The number of hydrogen-bond donors (Lipinski definition) is 2. The van der Waals surface area contributed by atoms with Crippen LogP contribution in [0.5, 0.6) is 0 Å². The number of nitrogens with one attached hydrogen (secondary N) is 1. The predicted molar refractivity (Wildman–Crippen MR) is 82.3 cm³/mol. The summed E-state index contributed by atoms with van der Waals surface area (Å²) in [5.74, 6) is -2.32. The fraction of sp³-hybridized carbons (Fsp3) is 0.438. The van der Waals surface area contributed by atoms with Crippen molar-refractivity contribution in [2.45, 2.75) is 24.9 Å². The number of nitrogens with zero attached hydrogens (tertiary/aromatic N) is 2. The molecule has 0 radical (unpaired) electrons. The monoisotopic (exact) mass is 391 g/mol. The highest BCUT2D eigenvalue weighted by molar-refractivity contribution is 9.10. The molecule has 6 nitrogen and oxygen atoms in total. The number of halogens is 2. The average molecular weight is 392 g/mol. The van der Waals surface area contributed by atoms with Gasteiger partial charge in [-0.2, -0.15) is 10.5 Å². The van der Waals surface area contributed by atoms with Crippen molar-refractivity contribution in [1.29, 1.82) is 10.5 Å². The van der Waals surface area contributed by atoms with Crippen molar-refractivity contribution >= 4 is 21.8 Å². The number of hydrogen-bond acceptors (Lipinski definition) is 5. The summed E-state index contributed by atoms with van der Waals surface area (Å²) in [5.41, 5.74) is 4.11. The van der Waals surface area contributed by atoms with Gasteiger partial charge in [-0.3, -0.25) is 5.73 Å². The van der Waals surface area contributed by atoms with Gasteiger partial charge in [0.15, 0.2) is 10.8 Å². The van der Waals surface area contributed by atoms with Crippen LogP contribution in [0.2, 0.25) is 0 Å². The molecule has 0 amide bonds. The summed E-state index contributed by atoms with van der Waals surface area (Å²) < 4.78 is 25.5. The van der Waals surface area contributed by atoms with Gasteiger partial charge in [0.05, 0.1) is 29.3 Å². The largest absolute Gasteiger partial charge is 0.343 e. The van der Waals surface area contributed by atoms with Gasteiger partial charge in [0.1, 0.15) is 5.82 Å². The standard InChI is InChI=1S/C16H12BrFN4O2/c1-8-5-23-16(24-8)15(7-20)12(14(15,6-19)13(21)22-16)9-2-3-11(18)10(17)4-9/h2-4,8,12H,5H2,1H3,(H2,21,22)/p+1/t8-,12-,14-,15-,16+/m1/s1. The third kappa shape index (κ3) is 1.43. The number of ether oxygens (including phenoxy) is 2. The van der Waals surface area contributed by atoms with Crippen LogP contribution in [-0.4, -0.2) is 24.5 Å². The Morgan fingerprint density at radius 1 is 1.42 bits per heavy atom. The van der Waals surface area contributed by atoms with Crippen LogP contribution in [0, 0.1) is 39.3 Å². The minimum absolute atomic E-state index is 0.145. The molecule has 122 valence electrons. The SMILES string of the molecule is C[C@@H]1CO[C@]2([NH+]=C(N)[C@@]3(C#N)[C@@H](c4ccc(F)c(Br)c4)[C@@]23C#N)O1. The van der Waals surface area contributed by atoms with Crippen LogP contribution < -0.4 is 10.7 Å². The molecule has 3 aliphatic rings. The Hall–Kier alpha value is -2.00. The van der Waals surface area contributed by atoms with E-state index in [2.05, 4.69) is 33.1 Å². The van der Waals surface area contributed by atoms with Crippen LogP contribution in [-0.2, 0) is 9.47 Å². The second-order valence-corrected chi connectivity index (χ2v) is 7.20. The maximum Gasteiger partial charge on any atom is 0.343 e. The number of amidine groups is 1. The van der Waals surface area contributed by atoms with Gasteiger partial charge >= 0.3 is 5.91 Å². The van der Waals surface area contributed by atoms with Crippen LogP contribution in [0.3, 0.4) is 0 Å². The Kier molecular flexibility index (Phi) is 2.94. The third-order valence-electron chi connectivity index (χ3n) is 5.17. The molecule has 0 bridgehead atoms. The lowest BCUT2D eigenvalue weighted by molar-refractivity contribution is -0.677. The molecule has 2 fully saturated rings. The Bertz CT molecular complexity index is 878. The van der Waals surface area contributed by atoms with Crippen LogP contribution in [0.1, 0.15) is 18.4 Å². The van der Waals surface area contributed by atoms with Crippen LogP contribution in [0.25, 0.3) is 0 Å². The summed E-state index contributed by atoms with van der Waals surface area (Å²) >= 11 is 3.14. The average Bonchev–Trinajstić information content (AvgIpc) is 2.95. The Labute approximate surface area is 145 Å². The zero-order valence-electron chi connectivity index (χ0n) is 12.6. The van der Waals surface area contributed by atoms with Crippen molar-refractivity contribution in [3.63, 3.8) is 0 Å². The van der Waals surface area contributed by atoms with Crippen LogP contribution in [0.4, 0.5) is 4.39 Å². The summed E-state index contributed by atoms with van der Waals surface area (Å²) in [5, 5.41) is 19.9. The summed E-state index contributed by atoms with van der Waals surface area (Å²) in [4.78, 5) is 2.89. The first kappa shape index (κ1) is 15.5. The molecule has 1 aliphatic carbocycles. The van der Waals surface area contributed by atoms with Gasteiger partial charge in [-0.25, -0.2) is 9.38 Å². The van der Waals surface area contributed by atoms with Gasteiger partial charge in [-0.1, -0.05) is 6.07 Å². The van der Waals surface area contributed by atoms with Crippen molar-refractivity contribution in [2.75, 3.05) is 6.61 Å². The van der Waals surface area contributed by atoms with Gasteiger partial charge in [0.2, 0.25) is 0 Å². The van der Waals surface area contributed by atoms with E-state index in [1.165, 1.54) is 6.07 Å². The number of fused-ring (bicyclic) bond motifs is 2. The summed E-state index contributed by atoms with van der Waals surface area (Å²) in [6.45, 7) is 2.10. The number of nitriles is 2. The lowest BCUT2D eigenvalue weighted by Gasteiger charge is -2.24. The fourth-order valence-corrected chi connectivity index (χ4v) is 4.55. The van der Waals surface area contributed by atoms with Gasteiger partial charge < -0.3 is 9.47 Å². The summed E-state index contributed by atoms with van der Waals surface area (Å²) in [7, 11) is 0. The molecule has 2 aliphatic heterocycles. The molecule has 1 aromatic rings. The van der Waals surface area contributed by atoms with Crippen molar-refractivity contribution in [3.05, 3.63) is 34.1 Å². The van der Waals surface area contributed by atoms with Crippen molar-refractivity contribution in [1.82, 2.24) is 0 Å². The fourth-order valence-electron chi connectivity index (χ4n) is 4.16. The van der Waals surface area contributed by atoms with E-state index < -0.39 is 28.5 Å². The van der Waals surface area contributed by atoms with Gasteiger partial charge in [0, 0.05) is 5.92 Å². The molecule has 0 aromatic heterocycles. The first-order valence-corrected chi connectivity index (χ1v) is 8.18. The second-order valence-electron chi connectivity index (χ2n) is 6.34. The zero-order valence-corrected chi connectivity index (χ0v) is 14.2. The molecule has 1 saturated heterocycles. The lowest BCUT2D eigenvalue weighted by atomic mass is 9.94. The minimum Gasteiger partial charge on any atom is -0.311 e. The van der Waals surface area contributed by atoms with Crippen molar-refractivity contribution in [3.8, 4) is 12.1 Å². The quantitative estimate of drug-likeness (QED) is 0.713. The van der Waals surface area contributed by atoms with Crippen LogP contribution in [0.15, 0.2) is 22.7 Å². The van der Waals surface area contributed by atoms with E-state index in [4.69, 9.17) is 15.2 Å². The van der Waals surface area contributed by atoms with Gasteiger partial charge in [-0.15, -0.1) is 0 Å². The number of rotatable bonds is 1. The number of nitrogens with two attached hydrogens (primary N) is 1. The number of benzene rings is 1. The van der Waals surface area contributed by atoms with Gasteiger partial charge in [0.25, 0.3) is 5.84 Å². The maximum absolute atomic E-state index is 13.6. The van der Waals surface area contributed by atoms with Crippen molar-refractivity contribution in [2.24, 2.45) is 16.6 Å². The highest BCUT2D eigenvalue weighted by atomic mass is 79.9. The molecule has 24 heavy (non-hydrogen) atoms. The highest BCUT2D eigenvalue weighted by Crippen LogP contribution is 2.79. The lowest BCUT2D eigenvalue weighted by Crippen LogP contribution is -2.90. The minimum atomic E-state index is -1.47. The van der Waals surface area contributed by atoms with E-state index in [0.29, 0.717) is 5.56 Å². The smallest absolute Gasteiger partial charge is 0.311 e. The Morgan fingerprint density at radius 3 is 2.71 bits per heavy atom. The molecule has 8 heteroatoms. The van der Waals surface area contributed by atoms with Crippen molar-refractivity contribution < 1.29 is 18.9 Å². The molecule has 4 rings (SSSR count). The Balaban J connectivity index is 1.92. The molecule has 1 aromatic carbocycles. The Morgan fingerprint density at radius 2 is 2.17 bits per heavy atom. The molecule has 0 unspecified atom stereocenters. The van der Waals surface area contributed by atoms with E-state index in [-0.39, 0.29) is 23.0 Å². The van der Waals surface area contributed by atoms with Gasteiger partial charge in [-0.05, 0) is 40.5 Å². The molecule has 1 spiro atoms. The first-order valence-electron chi connectivity index (χ1n) is 7.39.